The molecule has 6 nitrogen and oxygen atoms in total. The molecule has 1 atom stereocenters. The lowest BCUT2D eigenvalue weighted by Gasteiger charge is -2.37. The number of ether oxygens (including phenoxy) is 1. The van der Waals surface area contributed by atoms with Crippen LogP contribution >= 0.6 is 11.8 Å². The van der Waals surface area contributed by atoms with Crippen molar-refractivity contribution in [2.45, 2.75) is 10.9 Å². The Balaban J connectivity index is 1.36. The van der Waals surface area contributed by atoms with Crippen molar-refractivity contribution in [2.24, 2.45) is 0 Å². The first-order chi connectivity index (χ1) is 15.3. The Bertz CT molecular complexity index is 1160. The van der Waals surface area contributed by atoms with E-state index in [1.54, 1.807) is 23.9 Å². The van der Waals surface area contributed by atoms with E-state index in [4.69, 9.17) is 9.15 Å². The molecule has 4 aromatic rings. The number of fused-ring (bicyclic) bond motifs is 1. The molecular weight excluding hydrogens is 410 g/mol. The largest absolute Gasteiger partial charge is 0.484 e. The number of nitrogens with zero attached hydrogens (tertiary/aromatic N) is 3. The fraction of sp³-hybridized carbons (Fsp3) is 0.125. The number of rotatable bonds is 5. The third-order valence-corrected chi connectivity index (χ3v) is 6.25. The summed E-state index contributed by atoms with van der Waals surface area (Å²) in [6.07, 6.45) is 1.29. The highest BCUT2D eigenvalue weighted by molar-refractivity contribution is 7.99. The highest BCUT2D eigenvalue weighted by Crippen LogP contribution is 2.43. The highest BCUT2D eigenvalue weighted by atomic mass is 32.2. The maximum Gasteiger partial charge on any atom is 0.265 e. The third kappa shape index (κ3) is 4.04. The van der Waals surface area contributed by atoms with Gasteiger partial charge in [0.05, 0.1) is 11.7 Å². The van der Waals surface area contributed by atoms with E-state index in [-0.39, 0.29) is 18.6 Å². The van der Waals surface area contributed by atoms with E-state index < -0.39 is 0 Å². The van der Waals surface area contributed by atoms with Crippen LogP contribution in [0.5, 0.6) is 5.75 Å². The molecule has 0 N–H and O–H groups in total. The molecule has 1 amide bonds. The molecule has 0 radical (unpaired) electrons. The maximum atomic E-state index is 13.3. The fourth-order valence-electron chi connectivity index (χ4n) is 3.63. The average Bonchev–Trinajstić information content (AvgIpc) is 3.38. The van der Waals surface area contributed by atoms with Gasteiger partial charge in [-0.05, 0) is 42.0 Å². The summed E-state index contributed by atoms with van der Waals surface area (Å²) in [6, 6.07) is 25.3. The van der Waals surface area contributed by atoms with Crippen LogP contribution in [-0.4, -0.2) is 28.5 Å². The zero-order valence-electron chi connectivity index (χ0n) is 16.5. The second kappa shape index (κ2) is 8.65. The van der Waals surface area contributed by atoms with Crippen LogP contribution in [0.1, 0.15) is 11.6 Å². The average molecular weight is 430 g/mol. The molecule has 0 saturated carbocycles. The molecule has 3 aromatic carbocycles. The van der Waals surface area contributed by atoms with Crippen molar-refractivity contribution in [2.75, 3.05) is 17.3 Å². The Kier molecular flexibility index (Phi) is 5.41. The Labute approximate surface area is 183 Å². The van der Waals surface area contributed by atoms with Gasteiger partial charge in [-0.1, -0.05) is 42.5 Å². The van der Waals surface area contributed by atoms with Crippen LogP contribution in [0, 0.1) is 0 Å². The molecule has 5 rings (SSSR count). The number of anilines is 1. The van der Waals surface area contributed by atoms with E-state index in [2.05, 4.69) is 28.4 Å². The summed E-state index contributed by atoms with van der Waals surface area (Å²) in [4.78, 5) is 16.3. The number of aromatic nitrogens is 2. The molecular formula is C24H19N3O3S. The van der Waals surface area contributed by atoms with Gasteiger partial charge < -0.3 is 9.15 Å². The first kappa shape index (κ1) is 19.4. The van der Waals surface area contributed by atoms with Crippen molar-refractivity contribution in [3.8, 4) is 17.2 Å². The van der Waals surface area contributed by atoms with Gasteiger partial charge in [-0.25, -0.2) is 0 Å². The Morgan fingerprint density at radius 3 is 2.58 bits per heavy atom. The molecule has 31 heavy (non-hydrogen) atoms. The summed E-state index contributed by atoms with van der Waals surface area (Å²) in [7, 11) is 0. The van der Waals surface area contributed by atoms with Gasteiger partial charge in [0.2, 0.25) is 12.3 Å². The van der Waals surface area contributed by atoms with E-state index in [1.165, 1.54) is 6.39 Å². The second-order valence-electron chi connectivity index (χ2n) is 7.03. The van der Waals surface area contributed by atoms with E-state index >= 15 is 0 Å². The molecule has 0 aliphatic carbocycles. The Morgan fingerprint density at radius 1 is 1.03 bits per heavy atom. The van der Waals surface area contributed by atoms with Crippen LogP contribution < -0.4 is 9.64 Å². The molecule has 0 saturated heterocycles. The van der Waals surface area contributed by atoms with E-state index in [0.717, 1.165) is 27.5 Å². The van der Waals surface area contributed by atoms with Crippen molar-refractivity contribution in [3.63, 3.8) is 0 Å². The van der Waals surface area contributed by atoms with E-state index in [9.17, 15) is 4.79 Å². The minimum Gasteiger partial charge on any atom is -0.484 e. The second-order valence-corrected chi connectivity index (χ2v) is 8.09. The molecule has 0 spiro atoms. The zero-order chi connectivity index (χ0) is 21.0. The monoisotopic (exact) mass is 429 g/mol. The number of amides is 1. The first-order valence-corrected chi connectivity index (χ1v) is 10.9. The van der Waals surface area contributed by atoms with Gasteiger partial charge in [0.25, 0.3) is 5.91 Å². The van der Waals surface area contributed by atoms with Crippen LogP contribution in [-0.2, 0) is 4.79 Å². The third-order valence-electron chi connectivity index (χ3n) is 5.11. The van der Waals surface area contributed by atoms with Gasteiger partial charge in [-0.3, -0.25) is 9.69 Å². The summed E-state index contributed by atoms with van der Waals surface area (Å²) in [6.45, 7) is -0.0533. The summed E-state index contributed by atoms with van der Waals surface area (Å²) in [5.74, 6) is 1.76. The van der Waals surface area contributed by atoms with Gasteiger partial charge in [0.15, 0.2) is 6.61 Å². The van der Waals surface area contributed by atoms with E-state index in [1.807, 2.05) is 53.4 Å². The predicted molar refractivity (Wildman–Crippen MR) is 119 cm³/mol. The van der Waals surface area contributed by atoms with Crippen molar-refractivity contribution in [3.05, 3.63) is 90.8 Å². The van der Waals surface area contributed by atoms with Gasteiger partial charge >= 0.3 is 0 Å². The number of carbonyl (C=O) groups excluding carboxylic acids is 1. The van der Waals surface area contributed by atoms with Crippen LogP contribution in [0.15, 0.2) is 94.6 Å². The SMILES string of the molecule is O=C(COc1ccc(-c2nnco2)cc1)N1c2ccccc2SC[C@@H]1c1ccccc1. The number of hydrogen-bond acceptors (Lipinski definition) is 6. The van der Waals surface area contributed by atoms with Crippen LogP contribution in [0.2, 0.25) is 0 Å². The lowest BCUT2D eigenvalue weighted by Crippen LogP contribution is -2.41. The molecule has 7 heteroatoms. The van der Waals surface area contributed by atoms with Gasteiger partial charge in [-0.15, -0.1) is 22.0 Å². The number of para-hydroxylation sites is 1. The molecule has 1 aromatic heterocycles. The Hall–Kier alpha value is -3.58. The Morgan fingerprint density at radius 2 is 1.81 bits per heavy atom. The molecule has 154 valence electrons. The molecule has 0 bridgehead atoms. The quantitative estimate of drug-likeness (QED) is 0.445. The van der Waals surface area contributed by atoms with E-state index in [0.29, 0.717) is 11.6 Å². The zero-order valence-corrected chi connectivity index (χ0v) is 17.4. The smallest absolute Gasteiger partial charge is 0.265 e. The summed E-state index contributed by atoms with van der Waals surface area (Å²) in [5.41, 5.74) is 2.83. The molecule has 2 heterocycles. The highest BCUT2D eigenvalue weighted by Gasteiger charge is 2.32. The predicted octanol–water partition coefficient (Wildman–Crippen LogP) is 5.00. The minimum atomic E-state index is -0.0809. The number of benzene rings is 3. The number of thioether (sulfide) groups is 1. The van der Waals surface area contributed by atoms with Crippen LogP contribution in [0.3, 0.4) is 0 Å². The maximum absolute atomic E-state index is 13.3. The fourth-order valence-corrected chi connectivity index (χ4v) is 4.79. The molecule has 0 unspecified atom stereocenters. The van der Waals surface area contributed by atoms with Crippen molar-refractivity contribution >= 4 is 23.4 Å². The standard InChI is InChI=1S/C24H19N3O3S/c28-23(14-29-19-12-10-18(11-13-19)24-26-25-16-30-24)27-20-8-4-5-9-22(20)31-15-21(27)17-6-2-1-3-7-17/h1-13,16,21H,14-15H2/t21-/m1/s1. The summed E-state index contributed by atoms with van der Waals surface area (Å²) in [5, 5.41) is 7.57. The van der Waals surface area contributed by atoms with Crippen molar-refractivity contribution in [1.29, 1.82) is 0 Å². The van der Waals surface area contributed by atoms with Crippen molar-refractivity contribution in [1.82, 2.24) is 10.2 Å². The molecule has 1 aliphatic rings. The van der Waals surface area contributed by atoms with Gasteiger partial charge in [0.1, 0.15) is 5.75 Å². The molecule has 1 aliphatic heterocycles. The number of hydrogen-bond donors (Lipinski definition) is 0. The van der Waals surface area contributed by atoms with Crippen molar-refractivity contribution < 1.29 is 13.9 Å². The summed E-state index contributed by atoms with van der Waals surface area (Å²) >= 11 is 1.77. The normalized spacial score (nSPS) is 15.4. The lowest BCUT2D eigenvalue weighted by atomic mass is 10.1. The number of carbonyl (C=O) groups is 1. The first-order valence-electron chi connectivity index (χ1n) is 9.88. The topological polar surface area (TPSA) is 68.5 Å². The summed E-state index contributed by atoms with van der Waals surface area (Å²) < 4.78 is 11.0. The van der Waals surface area contributed by atoms with Gasteiger partial charge in [0, 0.05) is 16.2 Å². The van der Waals surface area contributed by atoms with Gasteiger partial charge in [-0.2, -0.15) is 0 Å². The lowest BCUT2D eigenvalue weighted by molar-refractivity contribution is -0.121. The molecule has 0 fully saturated rings. The van der Waals surface area contributed by atoms with Crippen LogP contribution in [0.25, 0.3) is 11.5 Å². The minimum absolute atomic E-state index is 0.0443. The van der Waals surface area contributed by atoms with Crippen LogP contribution in [0.4, 0.5) is 5.69 Å².